The number of aromatic nitrogens is 2. The Morgan fingerprint density at radius 3 is 2.00 bits per heavy atom. The number of nitrogens with zero attached hydrogens (tertiary/aromatic N) is 2. The van der Waals surface area contributed by atoms with Crippen LogP contribution in [0.1, 0.15) is 45.6 Å². The number of hydrogen-bond donors (Lipinski definition) is 0. The molecular formula is C27H30N2. The summed E-state index contributed by atoms with van der Waals surface area (Å²) in [7, 11) is 0. The first-order chi connectivity index (χ1) is 14.3. The number of benzene rings is 3. The Balaban J connectivity index is 2.01. The Morgan fingerprint density at radius 2 is 1.31 bits per heavy atom. The first kappa shape index (κ1) is 18.3. The number of unbranched alkanes of at least 4 members (excludes halogenated alkanes) is 2. The van der Waals surface area contributed by atoms with Crippen LogP contribution in [0.4, 0.5) is 0 Å². The van der Waals surface area contributed by atoms with Crippen molar-refractivity contribution in [2.75, 3.05) is 0 Å². The van der Waals surface area contributed by atoms with E-state index in [1.165, 1.54) is 62.9 Å². The minimum absolute atomic E-state index is 0.996. The molecule has 2 heteroatoms. The maximum absolute atomic E-state index is 2.55. The summed E-state index contributed by atoms with van der Waals surface area (Å²) >= 11 is 0. The molecule has 2 aromatic heterocycles. The fourth-order valence-electron chi connectivity index (χ4n) is 5.31. The largest absolute Gasteiger partial charge is 0.341 e. The van der Waals surface area contributed by atoms with Gasteiger partial charge in [-0.1, -0.05) is 56.2 Å². The normalized spacial score (nSPS) is 12.1. The molecule has 0 unspecified atom stereocenters. The summed E-state index contributed by atoms with van der Waals surface area (Å²) in [5.41, 5.74) is 7.12. The number of hydrogen-bond acceptors (Lipinski definition) is 0. The van der Waals surface area contributed by atoms with Crippen molar-refractivity contribution in [1.82, 2.24) is 9.13 Å². The third kappa shape index (κ3) is 2.62. The van der Waals surface area contributed by atoms with Crippen LogP contribution in [-0.2, 0) is 19.5 Å². The van der Waals surface area contributed by atoms with E-state index in [0.717, 1.165) is 19.5 Å². The van der Waals surface area contributed by atoms with Gasteiger partial charge in [0.15, 0.2) is 0 Å². The molecule has 0 aliphatic carbocycles. The fraction of sp³-hybridized carbons (Fsp3) is 0.333. The second-order valence-electron chi connectivity index (χ2n) is 8.13. The molecule has 0 aliphatic heterocycles. The lowest BCUT2D eigenvalue weighted by Gasteiger charge is -2.12. The summed E-state index contributed by atoms with van der Waals surface area (Å²) in [6, 6.07) is 20.4. The molecule has 3 aromatic carbocycles. The van der Waals surface area contributed by atoms with E-state index in [1.54, 1.807) is 5.56 Å². The third-order valence-corrected chi connectivity index (χ3v) is 6.55. The molecule has 148 valence electrons. The average molecular weight is 383 g/mol. The van der Waals surface area contributed by atoms with Gasteiger partial charge in [-0.15, -0.1) is 0 Å². The SMILES string of the molecule is CCCCCc1c2c3ccccc3n(CC)c2cc2c3ccccc3n(CC)c12. The van der Waals surface area contributed by atoms with E-state index < -0.39 is 0 Å². The van der Waals surface area contributed by atoms with Crippen molar-refractivity contribution in [1.29, 1.82) is 0 Å². The molecule has 0 spiro atoms. The first-order valence-electron chi connectivity index (χ1n) is 11.2. The van der Waals surface area contributed by atoms with Crippen LogP contribution in [0.5, 0.6) is 0 Å². The van der Waals surface area contributed by atoms with E-state index in [-0.39, 0.29) is 0 Å². The molecule has 29 heavy (non-hydrogen) atoms. The Kier molecular flexibility index (Phi) is 4.58. The van der Waals surface area contributed by atoms with Gasteiger partial charge in [0.2, 0.25) is 0 Å². The molecule has 0 bridgehead atoms. The zero-order valence-corrected chi connectivity index (χ0v) is 17.8. The number of rotatable bonds is 6. The van der Waals surface area contributed by atoms with E-state index in [1.807, 2.05) is 0 Å². The topological polar surface area (TPSA) is 9.86 Å². The molecule has 2 nitrogen and oxygen atoms in total. The molecule has 0 fully saturated rings. The van der Waals surface area contributed by atoms with Gasteiger partial charge >= 0.3 is 0 Å². The number of fused-ring (bicyclic) bond motifs is 6. The van der Waals surface area contributed by atoms with Crippen LogP contribution in [0.3, 0.4) is 0 Å². The Labute approximate surface area is 172 Å². The minimum atomic E-state index is 0.996. The van der Waals surface area contributed by atoms with Gasteiger partial charge < -0.3 is 9.13 Å². The van der Waals surface area contributed by atoms with Gasteiger partial charge in [0.05, 0.1) is 11.0 Å². The molecule has 0 saturated heterocycles. The molecule has 2 heterocycles. The number of para-hydroxylation sites is 2. The number of aryl methyl sites for hydroxylation is 3. The molecular weight excluding hydrogens is 352 g/mol. The predicted molar refractivity (Wildman–Crippen MR) is 127 cm³/mol. The standard InChI is InChI=1S/C27H30N2/c1-4-7-8-15-21-26-20-14-10-12-17-24(20)28(5-2)25(26)18-22-19-13-9-11-16-23(19)29(6-3)27(21)22/h9-14,16-18H,4-8,15H2,1-3H3. The minimum Gasteiger partial charge on any atom is -0.341 e. The Morgan fingerprint density at radius 1 is 0.655 bits per heavy atom. The molecule has 0 N–H and O–H groups in total. The summed E-state index contributed by atoms with van der Waals surface area (Å²) in [6.07, 6.45) is 4.95. The molecule has 5 rings (SSSR count). The molecule has 0 atom stereocenters. The van der Waals surface area contributed by atoms with Crippen molar-refractivity contribution < 1.29 is 0 Å². The van der Waals surface area contributed by atoms with Crippen LogP contribution in [0.25, 0.3) is 43.6 Å². The molecule has 0 radical (unpaired) electrons. The lowest BCUT2D eigenvalue weighted by molar-refractivity contribution is 0.718. The van der Waals surface area contributed by atoms with E-state index in [9.17, 15) is 0 Å². The van der Waals surface area contributed by atoms with Gasteiger partial charge in [-0.05, 0) is 50.5 Å². The Hall–Kier alpha value is -2.74. The molecule has 0 amide bonds. The van der Waals surface area contributed by atoms with Crippen molar-refractivity contribution in [3.63, 3.8) is 0 Å². The van der Waals surface area contributed by atoms with E-state index in [2.05, 4.69) is 84.5 Å². The van der Waals surface area contributed by atoms with Crippen molar-refractivity contribution in [3.05, 3.63) is 60.2 Å². The highest BCUT2D eigenvalue weighted by Crippen LogP contribution is 2.40. The monoisotopic (exact) mass is 382 g/mol. The van der Waals surface area contributed by atoms with Crippen molar-refractivity contribution >= 4 is 43.6 Å². The van der Waals surface area contributed by atoms with Crippen LogP contribution in [0.15, 0.2) is 54.6 Å². The van der Waals surface area contributed by atoms with E-state index in [0.29, 0.717) is 0 Å². The summed E-state index contributed by atoms with van der Waals surface area (Å²) in [5.74, 6) is 0. The fourth-order valence-corrected chi connectivity index (χ4v) is 5.31. The first-order valence-corrected chi connectivity index (χ1v) is 11.2. The van der Waals surface area contributed by atoms with Crippen molar-refractivity contribution in [2.45, 2.75) is 59.5 Å². The highest BCUT2D eigenvalue weighted by Gasteiger charge is 2.20. The average Bonchev–Trinajstić information content (AvgIpc) is 3.25. The van der Waals surface area contributed by atoms with Crippen LogP contribution >= 0.6 is 0 Å². The maximum Gasteiger partial charge on any atom is 0.0531 e. The third-order valence-electron chi connectivity index (χ3n) is 6.55. The lowest BCUT2D eigenvalue weighted by Crippen LogP contribution is -1.99. The van der Waals surface area contributed by atoms with Gasteiger partial charge in [0.1, 0.15) is 0 Å². The quantitative estimate of drug-likeness (QED) is 0.267. The molecule has 0 saturated carbocycles. The van der Waals surface area contributed by atoms with Crippen LogP contribution in [0.2, 0.25) is 0 Å². The summed E-state index contributed by atoms with van der Waals surface area (Å²) in [4.78, 5) is 0. The van der Waals surface area contributed by atoms with Crippen LogP contribution in [0, 0.1) is 0 Å². The van der Waals surface area contributed by atoms with E-state index >= 15 is 0 Å². The van der Waals surface area contributed by atoms with Gasteiger partial charge in [0.25, 0.3) is 0 Å². The zero-order valence-electron chi connectivity index (χ0n) is 17.8. The van der Waals surface area contributed by atoms with Crippen molar-refractivity contribution in [2.24, 2.45) is 0 Å². The maximum atomic E-state index is 2.55. The highest BCUT2D eigenvalue weighted by molar-refractivity contribution is 6.20. The lowest BCUT2D eigenvalue weighted by atomic mass is 9.97. The van der Waals surface area contributed by atoms with Gasteiger partial charge in [0, 0.05) is 45.7 Å². The zero-order chi connectivity index (χ0) is 20.0. The second kappa shape index (κ2) is 7.26. The second-order valence-corrected chi connectivity index (χ2v) is 8.13. The van der Waals surface area contributed by atoms with Crippen molar-refractivity contribution in [3.8, 4) is 0 Å². The van der Waals surface area contributed by atoms with Gasteiger partial charge in [-0.25, -0.2) is 0 Å². The van der Waals surface area contributed by atoms with Gasteiger partial charge in [-0.3, -0.25) is 0 Å². The summed E-state index contributed by atoms with van der Waals surface area (Å²) < 4.78 is 5.05. The van der Waals surface area contributed by atoms with Crippen LogP contribution < -0.4 is 0 Å². The highest BCUT2D eigenvalue weighted by atomic mass is 15.0. The smallest absolute Gasteiger partial charge is 0.0531 e. The molecule has 5 aromatic rings. The summed E-state index contributed by atoms with van der Waals surface area (Å²) in [6.45, 7) is 8.84. The molecule has 0 aliphatic rings. The summed E-state index contributed by atoms with van der Waals surface area (Å²) in [5, 5.41) is 5.68. The van der Waals surface area contributed by atoms with Crippen LogP contribution in [-0.4, -0.2) is 9.13 Å². The van der Waals surface area contributed by atoms with E-state index in [4.69, 9.17) is 0 Å². The Bertz CT molecular complexity index is 1330. The predicted octanol–water partition coefficient (Wildman–Crippen LogP) is 7.67. The van der Waals surface area contributed by atoms with Gasteiger partial charge in [-0.2, -0.15) is 0 Å².